The fourth-order valence-corrected chi connectivity index (χ4v) is 5.63. The highest BCUT2D eigenvalue weighted by atomic mass is 16.4. The van der Waals surface area contributed by atoms with Crippen LogP contribution in [0.25, 0.3) is 5.69 Å². The standard InChI is InChI=1S/C29H35N5O3/c1-19-15-20(2)34(32-19)25-7-3-5-23(16-25)26(17-27(35)36)29(37)33-14-12-21(18-33)8-10-24-11-9-22-6-4-13-30-28(22)31-24/h3,5,7,9,11,15-16,21,26H,4,6,8,10,12-14,17-18H2,1-2H3,(H,30,31)(H,35,36)/t21-,26+/m1/s1. The van der Waals surface area contributed by atoms with Crippen LogP contribution >= 0.6 is 0 Å². The molecular formula is C29H35N5O3. The largest absolute Gasteiger partial charge is 0.481 e. The average molecular weight is 502 g/mol. The van der Waals surface area contributed by atoms with Crippen LogP contribution in [0.15, 0.2) is 42.5 Å². The van der Waals surface area contributed by atoms with Gasteiger partial charge in [0.1, 0.15) is 5.82 Å². The number of carbonyl (C=O) groups is 2. The first kappa shape index (κ1) is 25.0. The third-order valence-electron chi connectivity index (χ3n) is 7.56. The Morgan fingerprint density at radius 2 is 2.05 bits per heavy atom. The molecule has 0 radical (unpaired) electrons. The van der Waals surface area contributed by atoms with Gasteiger partial charge in [-0.2, -0.15) is 5.10 Å². The monoisotopic (exact) mass is 501 g/mol. The highest BCUT2D eigenvalue weighted by Gasteiger charge is 2.33. The molecule has 1 fully saturated rings. The molecule has 2 aromatic heterocycles. The van der Waals surface area contributed by atoms with Gasteiger partial charge in [-0.3, -0.25) is 9.59 Å². The van der Waals surface area contributed by atoms with Crippen LogP contribution in [0, 0.1) is 19.8 Å². The number of nitrogens with zero attached hydrogens (tertiary/aromatic N) is 4. The van der Waals surface area contributed by atoms with Crippen molar-refractivity contribution in [3.05, 3.63) is 70.7 Å². The van der Waals surface area contributed by atoms with Crippen molar-refractivity contribution in [3.8, 4) is 5.69 Å². The van der Waals surface area contributed by atoms with Crippen molar-refractivity contribution in [1.29, 1.82) is 0 Å². The first-order valence-electron chi connectivity index (χ1n) is 13.2. The van der Waals surface area contributed by atoms with Gasteiger partial charge in [0.2, 0.25) is 5.91 Å². The second-order valence-corrected chi connectivity index (χ2v) is 10.4. The predicted octanol–water partition coefficient (Wildman–Crippen LogP) is 4.28. The van der Waals surface area contributed by atoms with Gasteiger partial charge in [-0.1, -0.05) is 18.2 Å². The molecule has 5 rings (SSSR count). The zero-order valence-electron chi connectivity index (χ0n) is 21.6. The van der Waals surface area contributed by atoms with Crippen molar-refractivity contribution >= 4 is 17.7 Å². The number of aromatic nitrogens is 3. The summed E-state index contributed by atoms with van der Waals surface area (Å²) in [4.78, 5) is 32.0. The van der Waals surface area contributed by atoms with Crippen molar-refractivity contribution in [2.75, 3.05) is 25.0 Å². The summed E-state index contributed by atoms with van der Waals surface area (Å²) in [5, 5.41) is 17.6. The lowest BCUT2D eigenvalue weighted by Crippen LogP contribution is -2.34. The summed E-state index contributed by atoms with van der Waals surface area (Å²) in [6.45, 7) is 6.22. The van der Waals surface area contributed by atoms with Gasteiger partial charge in [0, 0.05) is 31.0 Å². The van der Waals surface area contributed by atoms with E-state index in [0.29, 0.717) is 24.6 Å². The minimum atomic E-state index is -0.974. The van der Waals surface area contributed by atoms with Gasteiger partial charge >= 0.3 is 5.97 Å². The summed E-state index contributed by atoms with van der Waals surface area (Å²) in [6, 6.07) is 13.9. The molecule has 0 aliphatic carbocycles. The van der Waals surface area contributed by atoms with Gasteiger partial charge in [0.15, 0.2) is 0 Å². The number of hydrogen-bond donors (Lipinski definition) is 2. The summed E-state index contributed by atoms with van der Waals surface area (Å²) in [5.41, 5.74) is 5.82. The molecule has 2 aliphatic heterocycles. The van der Waals surface area contributed by atoms with E-state index < -0.39 is 11.9 Å². The molecule has 37 heavy (non-hydrogen) atoms. The zero-order valence-corrected chi connectivity index (χ0v) is 21.6. The Kier molecular flexibility index (Phi) is 7.26. The van der Waals surface area contributed by atoms with E-state index in [4.69, 9.17) is 4.98 Å². The van der Waals surface area contributed by atoms with E-state index in [9.17, 15) is 14.7 Å². The molecule has 2 N–H and O–H groups in total. The number of likely N-dealkylation sites (tertiary alicyclic amines) is 1. The maximum absolute atomic E-state index is 13.6. The summed E-state index contributed by atoms with van der Waals surface area (Å²) >= 11 is 0. The van der Waals surface area contributed by atoms with E-state index >= 15 is 0 Å². The van der Waals surface area contributed by atoms with Gasteiger partial charge in [-0.15, -0.1) is 0 Å². The number of carboxylic acids is 1. The fraction of sp³-hybridized carbons (Fsp3) is 0.448. The lowest BCUT2D eigenvalue weighted by atomic mass is 9.93. The van der Waals surface area contributed by atoms with Crippen molar-refractivity contribution in [1.82, 2.24) is 19.7 Å². The number of carboxylic acid groups (broad SMARTS) is 1. The molecule has 0 saturated carbocycles. The van der Waals surface area contributed by atoms with Gasteiger partial charge in [0.05, 0.1) is 23.7 Å². The number of aryl methyl sites for hydroxylation is 4. The van der Waals surface area contributed by atoms with Crippen molar-refractivity contribution in [2.24, 2.45) is 5.92 Å². The molecule has 194 valence electrons. The van der Waals surface area contributed by atoms with Crippen LogP contribution in [0.3, 0.4) is 0 Å². The Bertz CT molecular complexity index is 1300. The third kappa shape index (κ3) is 5.68. The fourth-order valence-electron chi connectivity index (χ4n) is 5.63. The summed E-state index contributed by atoms with van der Waals surface area (Å²) in [5.74, 6) is -0.391. The number of benzene rings is 1. The summed E-state index contributed by atoms with van der Waals surface area (Å²) < 4.78 is 1.83. The van der Waals surface area contributed by atoms with E-state index in [2.05, 4.69) is 22.5 Å². The molecular weight excluding hydrogens is 466 g/mol. The first-order valence-corrected chi connectivity index (χ1v) is 13.2. The zero-order chi connectivity index (χ0) is 25.9. The van der Waals surface area contributed by atoms with E-state index in [-0.39, 0.29) is 12.3 Å². The number of amides is 1. The van der Waals surface area contributed by atoms with Gasteiger partial charge < -0.3 is 15.3 Å². The van der Waals surface area contributed by atoms with Crippen LogP contribution in [-0.2, 0) is 22.4 Å². The van der Waals surface area contributed by atoms with Crippen molar-refractivity contribution in [3.63, 3.8) is 0 Å². The molecule has 0 unspecified atom stereocenters. The minimum Gasteiger partial charge on any atom is -0.481 e. The number of nitrogens with one attached hydrogen (secondary N) is 1. The number of rotatable bonds is 8. The van der Waals surface area contributed by atoms with Crippen molar-refractivity contribution in [2.45, 2.75) is 58.3 Å². The topological polar surface area (TPSA) is 100 Å². The summed E-state index contributed by atoms with van der Waals surface area (Å²) in [7, 11) is 0. The highest BCUT2D eigenvalue weighted by molar-refractivity contribution is 5.88. The molecule has 8 heteroatoms. The molecule has 8 nitrogen and oxygen atoms in total. The molecule has 1 aromatic carbocycles. The second-order valence-electron chi connectivity index (χ2n) is 10.4. The van der Waals surface area contributed by atoms with Crippen LogP contribution in [0.1, 0.15) is 59.8 Å². The quantitative estimate of drug-likeness (QED) is 0.478. The van der Waals surface area contributed by atoms with Crippen LogP contribution in [-0.4, -0.2) is 56.3 Å². The first-order chi connectivity index (χ1) is 17.9. The van der Waals surface area contributed by atoms with E-state index in [1.54, 1.807) is 0 Å². The average Bonchev–Trinajstić information content (AvgIpc) is 3.51. The van der Waals surface area contributed by atoms with Crippen LogP contribution < -0.4 is 5.32 Å². The van der Waals surface area contributed by atoms with E-state index in [1.807, 2.05) is 53.8 Å². The van der Waals surface area contributed by atoms with Crippen molar-refractivity contribution < 1.29 is 14.7 Å². The number of anilines is 1. The number of hydrogen-bond acceptors (Lipinski definition) is 5. The van der Waals surface area contributed by atoms with Crippen LogP contribution in [0.5, 0.6) is 0 Å². The molecule has 1 amide bonds. The minimum absolute atomic E-state index is 0.105. The maximum atomic E-state index is 13.6. The Morgan fingerprint density at radius 1 is 1.19 bits per heavy atom. The molecule has 2 aliphatic rings. The Balaban J connectivity index is 1.26. The highest BCUT2D eigenvalue weighted by Crippen LogP contribution is 2.30. The van der Waals surface area contributed by atoms with Gasteiger partial charge in [-0.05, 0) is 87.3 Å². The normalized spacial score (nSPS) is 17.8. The lowest BCUT2D eigenvalue weighted by Gasteiger charge is -2.23. The van der Waals surface area contributed by atoms with Crippen LogP contribution in [0.4, 0.5) is 5.82 Å². The van der Waals surface area contributed by atoms with Crippen LogP contribution in [0.2, 0.25) is 0 Å². The summed E-state index contributed by atoms with van der Waals surface area (Å²) in [6.07, 6.45) is 4.78. The molecule has 0 bridgehead atoms. The Hall–Kier alpha value is -3.68. The van der Waals surface area contributed by atoms with E-state index in [1.165, 1.54) is 5.56 Å². The second kappa shape index (κ2) is 10.7. The number of aliphatic carboxylic acids is 1. The molecule has 1 saturated heterocycles. The number of fused-ring (bicyclic) bond motifs is 1. The Labute approximate surface area is 217 Å². The molecule has 3 aromatic rings. The number of pyridine rings is 1. The number of carbonyl (C=O) groups excluding carboxylic acids is 1. The van der Waals surface area contributed by atoms with Gasteiger partial charge in [-0.25, -0.2) is 9.67 Å². The SMILES string of the molecule is Cc1cc(C)n(-c2cccc([C@H](CC(=O)O)C(=O)N3CC[C@@H](CCc4ccc5c(n4)NCCC5)C3)c2)n1. The van der Waals surface area contributed by atoms with E-state index in [0.717, 1.165) is 67.2 Å². The Morgan fingerprint density at radius 3 is 2.84 bits per heavy atom. The molecule has 4 heterocycles. The van der Waals surface area contributed by atoms with Gasteiger partial charge in [0.25, 0.3) is 0 Å². The predicted molar refractivity (Wildman–Crippen MR) is 142 cm³/mol. The molecule has 2 atom stereocenters. The molecule has 0 spiro atoms. The lowest BCUT2D eigenvalue weighted by molar-refractivity contribution is -0.141. The third-order valence-corrected chi connectivity index (χ3v) is 7.56. The maximum Gasteiger partial charge on any atom is 0.304 e. The smallest absolute Gasteiger partial charge is 0.304 e.